The number of cyclic esters (lactones) is 1. The molecule has 0 bridgehead atoms. The number of hydrogen-bond acceptors (Lipinski definition) is 6. The lowest BCUT2D eigenvalue weighted by atomic mass is 9.86. The average molecular weight is 446 g/mol. The predicted molar refractivity (Wildman–Crippen MR) is 109 cm³/mol. The van der Waals surface area contributed by atoms with Crippen molar-refractivity contribution in [3.63, 3.8) is 0 Å². The highest BCUT2D eigenvalue weighted by atomic mass is 31.2. The molecular formula is C20H19N2O8P. The zero-order chi connectivity index (χ0) is 22.6. The summed E-state index contributed by atoms with van der Waals surface area (Å²) in [5, 5.41) is 11.8. The molecule has 0 aliphatic carbocycles. The molecule has 0 saturated carbocycles. The van der Waals surface area contributed by atoms with Gasteiger partial charge in [-0.1, -0.05) is 25.1 Å². The van der Waals surface area contributed by atoms with Crippen LogP contribution >= 0.6 is 7.82 Å². The van der Waals surface area contributed by atoms with E-state index in [0.29, 0.717) is 23.4 Å². The van der Waals surface area contributed by atoms with Gasteiger partial charge >= 0.3 is 13.8 Å². The van der Waals surface area contributed by atoms with Crippen molar-refractivity contribution in [2.75, 3.05) is 0 Å². The molecule has 1 atom stereocenters. The molecule has 2 aliphatic heterocycles. The Kier molecular flexibility index (Phi) is 5.07. The first-order chi connectivity index (χ1) is 14.5. The number of pyridine rings is 2. The van der Waals surface area contributed by atoms with Gasteiger partial charge in [0.1, 0.15) is 6.61 Å². The molecule has 2 aromatic heterocycles. The van der Waals surface area contributed by atoms with Gasteiger partial charge in [-0.2, -0.15) is 0 Å². The molecule has 4 heterocycles. The Morgan fingerprint density at radius 3 is 2.55 bits per heavy atom. The summed E-state index contributed by atoms with van der Waals surface area (Å²) in [5.41, 5.74) is 1.81. The van der Waals surface area contributed by atoms with Crippen LogP contribution in [0.15, 0.2) is 41.2 Å². The summed E-state index contributed by atoms with van der Waals surface area (Å²) in [4.78, 5) is 51.4. The fraction of sp³-hybridized carbons (Fsp3) is 0.250. The van der Waals surface area contributed by atoms with E-state index in [1.807, 2.05) is 30.3 Å². The number of rotatable bonds is 1. The van der Waals surface area contributed by atoms with Crippen molar-refractivity contribution in [3.8, 4) is 11.4 Å². The van der Waals surface area contributed by atoms with Gasteiger partial charge in [-0.15, -0.1) is 0 Å². The Morgan fingerprint density at radius 1 is 1.19 bits per heavy atom. The molecule has 162 valence electrons. The zero-order valence-corrected chi connectivity index (χ0v) is 17.2. The summed E-state index contributed by atoms with van der Waals surface area (Å²) < 4.78 is 15.6. The molecule has 1 aromatic carbocycles. The van der Waals surface area contributed by atoms with Crippen LogP contribution in [-0.4, -0.2) is 35.3 Å². The van der Waals surface area contributed by atoms with E-state index in [0.717, 1.165) is 22.2 Å². The van der Waals surface area contributed by atoms with Gasteiger partial charge in [0.25, 0.3) is 5.56 Å². The second-order valence-electron chi connectivity index (χ2n) is 7.31. The topological polar surface area (TPSA) is 159 Å². The Hall–Kier alpha value is -2.88. The van der Waals surface area contributed by atoms with Gasteiger partial charge in [-0.05, 0) is 24.6 Å². The Bertz CT molecular complexity index is 1320. The molecule has 10 nitrogen and oxygen atoms in total. The van der Waals surface area contributed by atoms with Crippen LogP contribution in [0, 0.1) is 0 Å². The van der Waals surface area contributed by atoms with Crippen LogP contribution in [0.3, 0.4) is 0 Å². The van der Waals surface area contributed by atoms with E-state index >= 15 is 0 Å². The molecule has 2 aliphatic rings. The quantitative estimate of drug-likeness (QED) is 0.248. The molecule has 31 heavy (non-hydrogen) atoms. The second kappa shape index (κ2) is 7.37. The number of carbonyl (C=O) groups excluding carboxylic acids is 1. The van der Waals surface area contributed by atoms with Crippen LogP contribution < -0.4 is 5.56 Å². The highest BCUT2D eigenvalue weighted by Crippen LogP contribution is 2.38. The Morgan fingerprint density at radius 2 is 1.87 bits per heavy atom. The lowest BCUT2D eigenvalue weighted by Gasteiger charge is -2.31. The van der Waals surface area contributed by atoms with Gasteiger partial charge < -0.3 is 29.1 Å². The molecule has 3 aromatic rings. The molecule has 0 fully saturated rings. The highest BCUT2D eigenvalue weighted by molar-refractivity contribution is 7.45. The Balaban J connectivity index is 0.000000418. The maximum atomic E-state index is 13.0. The van der Waals surface area contributed by atoms with Crippen molar-refractivity contribution in [3.05, 3.63) is 63.4 Å². The summed E-state index contributed by atoms with van der Waals surface area (Å²) in [5.74, 6) is -0.707. The maximum Gasteiger partial charge on any atom is 0.466 e. The van der Waals surface area contributed by atoms with Crippen LogP contribution in [-0.2, 0) is 32.8 Å². The molecule has 0 amide bonds. The van der Waals surface area contributed by atoms with Crippen LogP contribution in [0.5, 0.6) is 0 Å². The lowest BCUT2D eigenvalue weighted by Crippen LogP contribution is -2.44. The molecule has 0 saturated heterocycles. The van der Waals surface area contributed by atoms with Crippen LogP contribution in [0.4, 0.5) is 0 Å². The first-order valence-corrected chi connectivity index (χ1v) is 10.9. The number of carbonyl (C=O) groups is 1. The SMILES string of the molecule is CC[C@@]1(O)C(=O)OCc2c1cc1n(c2=O)Cc2cc3ccccc3nc2-1.O=P(O)(O)O. The van der Waals surface area contributed by atoms with Crippen LogP contribution in [0.1, 0.15) is 30.0 Å². The number of aromatic nitrogens is 2. The van der Waals surface area contributed by atoms with Gasteiger partial charge in [-0.25, -0.2) is 14.3 Å². The number of nitrogens with zero attached hydrogens (tertiary/aromatic N) is 2. The van der Waals surface area contributed by atoms with Crippen molar-refractivity contribution in [1.29, 1.82) is 0 Å². The van der Waals surface area contributed by atoms with Gasteiger partial charge in [-0.3, -0.25) is 4.79 Å². The molecule has 0 unspecified atom stereocenters. The fourth-order valence-electron chi connectivity index (χ4n) is 3.93. The number of fused-ring (bicyclic) bond motifs is 5. The predicted octanol–water partition coefficient (Wildman–Crippen LogP) is 1.15. The molecule has 4 N–H and O–H groups in total. The van der Waals surface area contributed by atoms with Gasteiger partial charge in [0.05, 0.1) is 29.0 Å². The van der Waals surface area contributed by atoms with Gasteiger partial charge in [0.15, 0.2) is 5.60 Å². The Labute approximate surface area is 175 Å². The molecule has 0 spiro atoms. The largest absolute Gasteiger partial charge is 0.466 e. The number of ether oxygens (including phenoxy) is 1. The van der Waals surface area contributed by atoms with Crippen molar-refractivity contribution in [2.24, 2.45) is 0 Å². The number of hydrogen-bond donors (Lipinski definition) is 4. The minimum atomic E-state index is -4.64. The third kappa shape index (κ3) is 3.69. The zero-order valence-electron chi connectivity index (χ0n) is 16.3. The summed E-state index contributed by atoms with van der Waals surface area (Å²) in [6, 6.07) is 11.6. The monoisotopic (exact) mass is 446 g/mol. The average Bonchev–Trinajstić information content (AvgIpc) is 3.06. The van der Waals surface area contributed by atoms with Crippen molar-refractivity contribution >= 4 is 24.7 Å². The normalized spacial score (nSPS) is 19.1. The number of benzene rings is 1. The van der Waals surface area contributed by atoms with Crippen molar-refractivity contribution < 1.29 is 33.9 Å². The van der Waals surface area contributed by atoms with Crippen LogP contribution in [0.25, 0.3) is 22.3 Å². The first-order valence-electron chi connectivity index (χ1n) is 9.37. The van der Waals surface area contributed by atoms with E-state index in [1.165, 1.54) is 0 Å². The summed E-state index contributed by atoms with van der Waals surface area (Å²) in [6.45, 7) is 2.01. The smallest absolute Gasteiger partial charge is 0.458 e. The lowest BCUT2D eigenvalue weighted by molar-refractivity contribution is -0.172. The molecule has 11 heteroatoms. The second-order valence-corrected chi connectivity index (χ2v) is 8.33. The van der Waals surface area contributed by atoms with Gasteiger partial charge in [0.2, 0.25) is 0 Å². The van der Waals surface area contributed by atoms with Crippen molar-refractivity contribution in [1.82, 2.24) is 9.55 Å². The first kappa shape index (κ1) is 21.4. The van der Waals surface area contributed by atoms with Crippen molar-refractivity contribution in [2.45, 2.75) is 32.1 Å². The summed E-state index contributed by atoms with van der Waals surface area (Å²) in [6.07, 6.45) is 0.139. The number of esters is 1. The van der Waals surface area contributed by atoms with E-state index in [-0.39, 0.29) is 18.6 Å². The standard InChI is InChI=1S/C20H16N2O4.H3O4P/c1-2-20(25)14-8-16-17-12(7-11-5-3-4-6-15(11)21-17)9-22(16)18(23)13(14)10-26-19(20)24;1-5(2,3)4/h3-8,25H,2,9-10H2,1H3;(H3,1,2,3,4)/t20-;/m0./s1. The maximum absolute atomic E-state index is 13.0. The van der Waals surface area contributed by atoms with Crippen LogP contribution in [0.2, 0.25) is 0 Å². The highest BCUT2D eigenvalue weighted by Gasteiger charge is 2.45. The number of aliphatic hydroxyl groups is 1. The number of phosphoric acid groups is 1. The molecule has 5 rings (SSSR count). The van der Waals surface area contributed by atoms with E-state index in [4.69, 9.17) is 29.0 Å². The summed E-state index contributed by atoms with van der Waals surface area (Å²) in [7, 11) is -4.64. The minimum absolute atomic E-state index is 0.110. The van der Waals surface area contributed by atoms with E-state index in [1.54, 1.807) is 17.6 Å². The third-order valence-corrected chi connectivity index (χ3v) is 5.42. The molecule has 0 radical (unpaired) electrons. The fourth-order valence-corrected chi connectivity index (χ4v) is 3.93. The minimum Gasteiger partial charge on any atom is -0.458 e. The third-order valence-electron chi connectivity index (χ3n) is 5.42. The van der Waals surface area contributed by atoms with E-state index in [2.05, 4.69) is 0 Å². The van der Waals surface area contributed by atoms with Gasteiger partial charge in [0, 0.05) is 16.5 Å². The van der Waals surface area contributed by atoms with E-state index < -0.39 is 19.4 Å². The number of para-hydroxylation sites is 1. The molecular weight excluding hydrogens is 427 g/mol. The van der Waals surface area contributed by atoms with E-state index in [9.17, 15) is 14.7 Å². The summed E-state index contributed by atoms with van der Waals surface area (Å²) >= 11 is 0.